The van der Waals surface area contributed by atoms with Gasteiger partial charge in [-0.25, -0.2) is 0 Å². The molecule has 0 heterocycles. The standard InChI is InChI=1S/C3H9O2PS3/c1-3-9-5-6(7,8)4-2/h3H2,1-2H3,(H,7,8). The molecule has 0 aromatic heterocycles. The van der Waals surface area contributed by atoms with Crippen molar-refractivity contribution in [1.29, 1.82) is 0 Å². The first-order valence-corrected chi connectivity index (χ1v) is 7.02. The predicted molar refractivity (Wildman–Crippen MR) is 49.5 cm³/mol. The van der Waals surface area contributed by atoms with E-state index in [1.165, 1.54) is 19.2 Å². The molecule has 0 N–H and O–H groups in total. The van der Waals surface area contributed by atoms with Crippen molar-refractivity contribution in [3.8, 4) is 0 Å². The maximum Gasteiger partial charge on any atom is 0.255 e. The lowest BCUT2D eigenvalue weighted by atomic mass is 11.0. The van der Waals surface area contributed by atoms with E-state index in [1.807, 2.05) is 6.92 Å². The molecule has 1 unspecified atom stereocenters. The van der Waals surface area contributed by atoms with Gasteiger partial charge in [0, 0.05) is 12.9 Å². The first-order chi connectivity index (χ1) is 4.12. The SMILES string of the molecule is CCSOP(=S)(S)OC. The molecule has 0 spiro atoms. The van der Waals surface area contributed by atoms with E-state index in [0.717, 1.165) is 5.75 Å². The summed E-state index contributed by atoms with van der Waals surface area (Å²) in [7, 11) is 1.50. The van der Waals surface area contributed by atoms with Crippen LogP contribution in [0.25, 0.3) is 0 Å². The van der Waals surface area contributed by atoms with Crippen molar-refractivity contribution in [2.45, 2.75) is 6.92 Å². The monoisotopic (exact) mass is 204 g/mol. The smallest absolute Gasteiger partial charge is 0.255 e. The molecule has 0 saturated carbocycles. The first kappa shape index (κ1) is 10.3. The summed E-state index contributed by atoms with van der Waals surface area (Å²) in [5, 5.41) is 0. The van der Waals surface area contributed by atoms with Gasteiger partial charge in [-0.15, -0.1) is 0 Å². The molecule has 0 amide bonds. The van der Waals surface area contributed by atoms with Crippen molar-refractivity contribution in [3.05, 3.63) is 0 Å². The van der Waals surface area contributed by atoms with Gasteiger partial charge in [0.05, 0.1) is 0 Å². The third kappa shape index (κ3) is 5.70. The highest BCUT2D eigenvalue weighted by Gasteiger charge is 2.09. The largest absolute Gasteiger partial charge is 0.325 e. The van der Waals surface area contributed by atoms with Crippen LogP contribution >= 0.6 is 30.0 Å². The zero-order chi connectivity index (χ0) is 7.33. The molecular weight excluding hydrogens is 195 g/mol. The molecule has 0 aliphatic heterocycles. The van der Waals surface area contributed by atoms with Gasteiger partial charge in [0.15, 0.2) is 0 Å². The highest BCUT2D eigenvalue weighted by atomic mass is 32.9. The molecule has 0 radical (unpaired) electrons. The quantitative estimate of drug-likeness (QED) is 0.430. The topological polar surface area (TPSA) is 18.5 Å². The van der Waals surface area contributed by atoms with Crippen LogP contribution in [-0.2, 0) is 20.3 Å². The van der Waals surface area contributed by atoms with Crippen molar-refractivity contribution in [1.82, 2.24) is 0 Å². The Hall–Kier alpha value is 1.27. The molecule has 0 aromatic carbocycles. The van der Waals surface area contributed by atoms with E-state index < -0.39 is 5.69 Å². The summed E-state index contributed by atoms with van der Waals surface area (Å²) in [6.07, 6.45) is 0. The third-order valence-corrected chi connectivity index (χ3v) is 4.45. The zero-order valence-electron chi connectivity index (χ0n) is 5.23. The van der Waals surface area contributed by atoms with Crippen LogP contribution in [0.1, 0.15) is 6.92 Å². The van der Waals surface area contributed by atoms with Crippen LogP contribution in [0.3, 0.4) is 0 Å². The Labute approximate surface area is 70.2 Å². The molecule has 0 fully saturated rings. The molecule has 9 heavy (non-hydrogen) atoms. The van der Waals surface area contributed by atoms with Gasteiger partial charge in [0.2, 0.25) is 0 Å². The summed E-state index contributed by atoms with van der Waals surface area (Å²) >= 11 is 10.1. The van der Waals surface area contributed by atoms with E-state index in [9.17, 15) is 0 Å². The summed E-state index contributed by atoms with van der Waals surface area (Å²) in [6, 6.07) is 0. The van der Waals surface area contributed by atoms with Gasteiger partial charge < -0.3 is 4.52 Å². The van der Waals surface area contributed by atoms with Gasteiger partial charge in [-0.2, -0.15) is 0 Å². The average molecular weight is 204 g/mol. The maximum absolute atomic E-state index is 5.01. The van der Waals surface area contributed by atoms with Gasteiger partial charge in [-0.1, -0.05) is 19.2 Å². The van der Waals surface area contributed by atoms with Crippen LogP contribution in [0.2, 0.25) is 0 Å². The molecule has 0 aromatic rings. The Kier molecular flexibility index (Phi) is 5.70. The second kappa shape index (κ2) is 4.99. The van der Waals surface area contributed by atoms with Crippen LogP contribution in [0.15, 0.2) is 0 Å². The highest BCUT2D eigenvalue weighted by Crippen LogP contribution is 2.55. The fourth-order valence-electron chi connectivity index (χ4n) is 0.150. The summed E-state index contributed by atoms with van der Waals surface area (Å²) in [4.78, 5) is 0. The summed E-state index contributed by atoms with van der Waals surface area (Å²) in [5.74, 6) is 0.863. The number of thiol groups is 1. The van der Waals surface area contributed by atoms with Gasteiger partial charge in [-0.05, 0) is 23.8 Å². The van der Waals surface area contributed by atoms with E-state index in [0.29, 0.717) is 0 Å². The molecule has 0 saturated heterocycles. The van der Waals surface area contributed by atoms with Gasteiger partial charge in [0.1, 0.15) is 0 Å². The molecular formula is C3H9O2PS3. The Balaban J connectivity index is 3.46. The molecule has 56 valence electrons. The van der Waals surface area contributed by atoms with Crippen molar-refractivity contribution in [2.75, 3.05) is 12.9 Å². The molecule has 0 rings (SSSR count). The van der Waals surface area contributed by atoms with E-state index in [1.54, 1.807) is 0 Å². The fraction of sp³-hybridized carbons (Fsp3) is 1.00. The second-order valence-corrected chi connectivity index (χ2v) is 7.68. The van der Waals surface area contributed by atoms with Crippen LogP contribution in [0.4, 0.5) is 0 Å². The van der Waals surface area contributed by atoms with E-state index >= 15 is 0 Å². The van der Waals surface area contributed by atoms with E-state index in [4.69, 9.17) is 20.3 Å². The summed E-state index contributed by atoms with van der Waals surface area (Å²) in [5.41, 5.74) is -2.20. The van der Waals surface area contributed by atoms with Crippen molar-refractivity contribution >= 4 is 41.8 Å². The van der Waals surface area contributed by atoms with Gasteiger partial charge >= 0.3 is 0 Å². The minimum absolute atomic E-state index is 0.863. The number of hydrogen-bond donors (Lipinski definition) is 1. The van der Waals surface area contributed by atoms with E-state index in [2.05, 4.69) is 12.2 Å². The Morgan fingerprint density at radius 3 is 2.67 bits per heavy atom. The molecule has 2 nitrogen and oxygen atoms in total. The molecule has 6 heteroatoms. The van der Waals surface area contributed by atoms with Crippen LogP contribution in [0.5, 0.6) is 0 Å². The Morgan fingerprint density at radius 1 is 1.78 bits per heavy atom. The fourth-order valence-corrected chi connectivity index (χ4v) is 2.16. The highest BCUT2D eigenvalue weighted by molar-refractivity contribution is 8.61. The first-order valence-electron chi connectivity index (χ1n) is 2.32. The van der Waals surface area contributed by atoms with Crippen molar-refractivity contribution in [3.63, 3.8) is 0 Å². The lowest BCUT2D eigenvalue weighted by Crippen LogP contribution is -1.77. The molecule has 0 bridgehead atoms. The average Bonchev–Trinajstić information content (AvgIpc) is 1.84. The summed E-state index contributed by atoms with van der Waals surface area (Å²) < 4.78 is 9.80. The maximum atomic E-state index is 5.01. The third-order valence-electron chi connectivity index (χ3n) is 0.495. The predicted octanol–water partition coefficient (Wildman–Crippen LogP) is 2.47. The van der Waals surface area contributed by atoms with Gasteiger partial charge in [0.25, 0.3) is 5.69 Å². The second-order valence-electron chi connectivity index (χ2n) is 1.13. The molecule has 0 aliphatic rings. The van der Waals surface area contributed by atoms with Crippen molar-refractivity contribution in [2.24, 2.45) is 0 Å². The van der Waals surface area contributed by atoms with Crippen LogP contribution in [-0.4, -0.2) is 12.9 Å². The minimum Gasteiger partial charge on any atom is -0.325 e. The number of rotatable bonds is 4. The van der Waals surface area contributed by atoms with E-state index in [-0.39, 0.29) is 0 Å². The molecule has 1 atom stereocenters. The zero-order valence-corrected chi connectivity index (χ0v) is 8.66. The lowest BCUT2D eigenvalue weighted by molar-refractivity contribution is 0.425. The van der Waals surface area contributed by atoms with Crippen LogP contribution < -0.4 is 0 Å². The minimum atomic E-state index is -2.20. The lowest BCUT2D eigenvalue weighted by Gasteiger charge is -2.10. The Morgan fingerprint density at radius 2 is 2.33 bits per heavy atom. The van der Waals surface area contributed by atoms with Crippen LogP contribution in [0, 0.1) is 0 Å². The Bertz CT molecular complexity index is 118. The van der Waals surface area contributed by atoms with Gasteiger partial charge in [-0.3, -0.25) is 3.97 Å². The number of hydrogen-bond acceptors (Lipinski definition) is 4. The summed E-state index contributed by atoms with van der Waals surface area (Å²) in [6.45, 7) is 1.98. The normalized spacial score (nSPS) is 17.2. The molecule has 0 aliphatic carbocycles. The van der Waals surface area contributed by atoms with Crippen molar-refractivity contribution < 1.29 is 8.49 Å².